The lowest BCUT2D eigenvalue weighted by molar-refractivity contribution is 0.0769. The van der Waals surface area contributed by atoms with E-state index in [2.05, 4.69) is 55.5 Å². The fraction of sp³-hybridized carbons (Fsp3) is 0.333. The second kappa shape index (κ2) is 8.20. The Bertz CT molecular complexity index is 1260. The molecule has 0 spiro atoms. The molecule has 0 aromatic carbocycles. The summed E-state index contributed by atoms with van der Waals surface area (Å²) < 4.78 is 8.04. The first-order valence-corrected chi connectivity index (χ1v) is 10.8. The van der Waals surface area contributed by atoms with Crippen molar-refractivity contribution in [2.24, 2.45) is 0 Å². The van der Waals surface area contributed by atoms with Gasteiger partial charge in [-0.05, 0) is 64.5 Å². The third kappa shape index (κ3) is 4.13. The molecular weight excluding hydrogens is 402 g/mol. The number of likely N-dealkylation sites (N-methyl/N-ethyl adjacent to an activating group) is 1. The highest BCUT2D eigenvalue weighted by molar-refractivity contribution is 5.75. The normalized spacial score (nSPS) is 16.2. The first-order valence-electron chi connectivity index (χ1n) is 10.8. The first-order chi connectivity index (χ1) is 15.4. The average molecular weight is 430 g/mol. The van der Waals surface area contributed by atoms with Gasteiger partial charge in [-0.25, -0.2) is 14.5 Å². The van der Waals surface area contributed by atoms with Crippen LogP contribution in [0.5, 0.6) is 5.75 Å². The molecule has 4 aromatic rings. The molecule has 0 bridgehead atoms. The molecule has 5 heterocycles. The maximum atomic E-state index is 6.19. The van der Waals surface area contributed by atoms with E-state index in [0.717, 1.165) is 57.8 Å². The van der Waals surface area contributed by atoms with Crippen molar-refractivity contribution in [2.75, 3.05) is 25.5 Å². The second-order valence-corrected chi connectivity index (χ2v) is 8.44. The third-order valence-electron chi connectivity index (χ3n) is 5.87. The van der Waals surface area contributed by atoms with Crippen LogP contribution in [0.3, 0.4) is 0 Å². The summed E-state index contributed by atoms with van der Waals surface area (Å²) in [5.74, 6) is 3.01. The highest BCUT2D eigenvalue weighted by Crippen LogP contribution is 2.32. The Labute approximate surface area is 187 Å². The summed E-state index contributed by atoms with van der Waals surface area (Å²) in [6, 6.07) is 10.6. The van der Waals surface area contributed by atoms with E-state index < -0.39 is 0 Å². The zero-order valence-corrected chi connectivity index (χ0v) is 18.8. The smallest absolute Gasteiger partial charge is 0.154 e. The molecule has 164 valence electrons. The number of aromatic nitrogens is 5. The van der Waals surface area contributed by atoms with Gasteiger partial charge in [-0.1, -0.05) is 0 Å². The molecule has 1 atom stereocenters. The van der Waals surface area contributed by atoms with Crippen LogP contribution in [-0.2, 0) is 0 Å². The number of aryl methyl sites for hydroxylation is 3. The van der Waals surface area contributed by atoms with Crippen LogP contribution in [0, 0.1) is 20.8 Å². The predicted molar refractivity (Wildman–Crippen MR) is 124 cm³/mol. The van der Waals surface area contributed by atoms with Crippen molar-refractivity contribution in [1.29, 1.82) is 0 Å². The molecule has 1 aliphatic rings. The Morgan fingerprint density at radius 1 is 1.06 bits per heavy atom. The molecule has 32 heavy (non-hydrogen) atoms. The van der Waals surface area contributed by atoms with Crippen LogP contribution in [-0.4, -0.2) is 55.7 Å². The number of rotatable bonds is 6. The molecule has 0 saturated carbocycles. The predicted octanol–water partition coefficient (Wildman–Crippen LogP) is 3.94. The lowest BCUT2D eigenvalue weighted by Crippen LogP contribution is -2.48. The van der Waals surface area contributed by atoms with Gasteiger partial charge in [0.15, 0.2) is 5.82 Å². The summed E-state index contributed by atoms with van der Waals surface area (Å²) in [5.41, 5.74) is 4.96. The number of nitrogens with one attached hydrogen (secondary N) is 1. The molecule has 0 unspecified atom stereocenters. The fourth-order valence-corrected chi connectivity index (χ4v) is 3.99. The minimum Gasteiger partial charge on any atom is -0.490 e. The van der Waals surface area contributed by atoms with Gasteiger partial charge < -0.3 is 10.1 Å². The van der Waals surface area contributed by atoms with E-state index in [-0.39, 0.29) is 0 Å². The van der Waals surface area contributed by atoms with Crippen LogP contribution >= 0.6 is 0 Å². The SMILES string of the molecule is Cc1cc(-c2ccn3nc(Nc4cc(C)nc(C)n4)cc3c2)c(OC[C@H]2CCN2C)cn1. The molecule has 5 rings (SSSR count). The van der Waals surface area contributed by atoms with E-state index >= 15 is 0 Å². The molecule has 0 amide bonds. The molecule has 4 aromatic heterocycles. The Morgan fingerprint density at radius 2 is 1.94 bits per heavy atom. The number of pyridine rings is 2. The minimum atomic E-state index is 0.476. The van der Waals surface area contributed by atoms with E-state index in [4.69, 9.17) is 4.74 Å². The zero-order chi connectivity index (χ0) is 22.2. The standard InChI is InChI=1S/C24H27N7O/c1-15-9-21(22(13-25-15)32-14-19-6-7-30(19)4)18-5-8-31-20(11-18)12-24(29-31)28-23-10-16(2)26-17(3)27-23/h5,8-13,19H,6-7,14H2,1-4H3,(H,26,27,28,29)/t19-/m1/s1. The van der Waals surface area contributed by atoms with E-state index in [1.54, 1.807) is 0 Å². The van der Waals surface area contributed by atoms with Crippen LogP contribution in [0.4, 0.5) is 11.6 Å². The van der Waals surface area contributed by atoms with E-state index in [1.165, 1.54) is 6.42 Å². The summed E-state index contributed by atoms with van der Waals surface area (Å²) in [6.07, 6.45) is 4.97. The lowest BCUT2D eigenvalue weighted by Gasteiger charge is -2.37. The van der Waals surface area contributed by atoms with E-state index in [0.29, 0.717) is 12.6 Å². The summed E-state index contributed by atoms with van der Waals surface area (Å²) >= 11 is 0. The molecule has 0 radical (unpaired) electrons. The van der Waals surface area contributed by atoms with Crippen LogP contribution in [0.15, 0.2) is 42.7 Å². The van der Waals surface area contributed by atoms with Crippen LogP contribution in [0.25, 0.3) is 16.6 Å². The molecule has 8 heteroatoms. The monoisotopic (exact) mass is 429 g/mol. The first kappa shape index (κ1) is 20.4. The fourth-order valence-electron chi connectivity index (χ4n) is 3.99. The minimum absolute atomic E-state index is 0.476. The van der Waals surface area contributed by atoms with Crippen molar-refractivity contribution >= 4 is 17.2 Å². The Hall–Kier alpha value is -3.52. The summed E-state index contributed by atoms with van der Waals surface area (Å²) in [4.78, 5) is 15.5. The van der Waals surface area contributed by atoms with Crippen molar-refractivity contribution in [1.82, 2.24) is 29.5 Å². The molecule has 1 saturated heterocycles. The number of likely N-dealkylation sites (tertiary alicyclic amines) is 1. The molecule has 0 aliphatic carbocycles. The van der Waals surface area contributed by atoms with Crippen molar-refractivity contribution < 1.29 is 4.74 Å². The Morgan fingerprint density at radius 3 is 2.69 bits per heavy atom. The highest BCUT2D eigenvalue weighted by Gasteiger charge is 2.25. The largest absolute Gasteiger partial charge is 0.490 e. The summed E-state index contributed by atoms with van der Waals surface area (Å²) in [6.45, 7) is 7.64. The van der Waals surface area contributed by atoms with Gasteiger partial charge >= 0.3 is 0 Å². The highest BCUT2D eigenvalue weighted by atomic mass is 16.5. The van der Waals surface area contributed by atoms with Gasteiger partial charge in [0.05, 0.1) is 11.7 Å². The third-order valence-corrected chi connectivity index (χ3v) is 5.87. The van der Waals surface area contributed by atoms with Crippen LogP contribution < -0.4 is 10.1 Å². The summed E-state index contributed by atoms with van der Waals surface area (Å²) in [5, 5.41) is 7.91. The molecule has 1 fully saturated rings. The van der Waals surface area contributed by atoms with Crippen LogP contribution in [0.2, 0.25) is 0 Å². The molecular formula is C24H27N7O. The average Bonchev–Trinajstić information content (AvgIpc) is 3.14. The van der Waals surface area contributed by atoms with Crippen molar-refractivity contribution in [2.45, 2.75) is 33.2 Å². The molecule has 1 N–H and O–H groups in total. The van der Waals surface area contributed by atoms with Gasteiger partial charge in [-0.2, -0.15) is 5.10 Å². The number of hydrogen-bond donors (Lipinski definition) is 1. The van der Waals surface area contributed by atoms with Crippen molar-refractivity contribution in [3.63, 3.8) is 0 Å². The number of ether oxygens (including phenoxy) is 1. The number of anilines is 2. The summed E-state index contributed by atoms with van der Waals surface area (Å²) in [7, 11) is 2.13. The van der Waals surface area contributed by atoms with Gasteiger partial charge in [0.1, 0.15) is 24.0 Å². The molecule has 1 aliphatic heterocycles. The lowest BCUT2D eigenvalue weighted by atomic mass is 10.0. The van der Waals surface area contributed by atoms with Gasteiger partial charge in [0.25, 0.3) is 0 Å². The molecule has 8 nitrogen and oxygen atoms in total. The topological polar surface area (TPSA) is 80.5 Å². The number of nitrogens with zero attached hydrogens (tertiary/aromatic N) is 6. The zero-order valence-electron chi connectivity index (χ0n) is 18.8. The number of hydrogen-bond acceptors (Lipinski definition) is 7. The van der Waals surface area contributed by atoms with Gasteiger partial charge in [-0.15, -0.1) is 0 Å². The second-order valence-electron chi connectivity index (χ2n) is 8.44. The van der Waals surface area contributed by atoms with E-state index in [9.17, 15) is 0 Å². The van der Waals surface area contributed by atoms with Crippen molar-refractivity contribution in [3.05, 3.63) is 59.9 Å². The maximum Gasteiger partial charge on any atom is 0.154 e. The van der Waals surface area contributed by atoms with Crippen LogP contribution in [0.1, 0.15) is 23.6 Å². The maximum absolute atomic E-state index is 6.19. The van der Waals surface area contributed by atoms with Gasteiger partial charge in [0.2, 0.25) is 0 Å². The Balaban J connectivity index is 1.43. The number of fused-ring (bicyclic) bond motifs is 1. The quantitative estimate of drug-likeness (QED) is 0.497. The van der Waals surface area contributed by atoms with Gasteiger partial charge in [0, 0.05) is 41.3 Å². The van der Waals surface area contributed by atoms with E-state index in [1.807, 2.05) is 49.8 Å². The van der Waals surface area contributed by atoms with Gasteiger partial charge in [-0.3, -0.25) is 9.88 Å². The Kier molecular flexibility index (Phi) is 5.22. The van der Waals surface area contributed by atoms with Crippen molar-refractivity contribution in [3.8, 4) is 16.9 Å².